The number of pyridine rings is 1. The van der Waals surface area contributed by atoms with Crippen molar-refractivity contribution in [1.82, 2.24) is 14.8 Å². The van der Waals surface area contributed by atoms with Crippen molar-refractivity contribution in [2.24, 2.45) is 0 Å². The van der Waals surface area contributed by atoms with Gasteiger partial charge >= 0.3 is 12.1 Å². The van der Waals surface area contributed by atoms with Gasteiger partial charge in [-0.3, -0.25) is 14.7 Å². The van der Waals surface area contributed by atoms with E-state index in [2.05, 4.69) is 4.98 Å². The molecule has 0 unspecified atom stereocenters. The number of amides is 1. The summed E-state index contributed by atoms with van der Waals surface area (Å²) in [5.74, 6) is -0.896. The van der Waals surface area contributed by atoms with Gasteiger partial charge in [-0.15, -0.1) is 0 Å². The summed E-state index contributed by atoms with van der Waals surface area (Å²) in [6, 6.07) is 2.71. The Morgan fingerprint density at radius 1 is 1.17 bits per heavy atom. The van der Waals surface area contributed by atoms with Gasteiger partial charge in [0.15, 0.2) is 0 Å². The third-order valence-corrected chi connectivity index (χ3v) is 3.80. The Morgan fingerprint density at radius 2 is 1.83 bits per heavy atom. The summed E-state index contributed by atoms with van der Waals surface area (Å²) in [4.78, 5) is 31.4. The van der Waals surface area contributed by atoms with E-state index in [1.165, 1.54) is 0 Å². The van der Waals surface area contributed by atoms with Crippen molar-refractivity contribution in [3.8, 4) is 0 Å². The summed E-state index contributed by atoms with van der Waals surface area (Å²) in [6.45, 7) is 7.60. The van der Waals surface area contributed by atoms with E-state index in [0.29, 0.717) is 38.2 Å². The first-order valence-corrected chi connectivity index (χ1v) is 8.12. The molecule has 0 saturated carbocycles. The summed E-state index contributed by atoms with van der Waals surface area (Å²) in [5.41, 5.74) is 0.159. The van der Waals surface area contributed by atoms with Gasteiger partial charge < -0.3 is 14.7 Å². The van der Waals surface area contributed by atoms with E-state index in [-0.39, 0.29) is 6.09 Å². The average molecular weight is 335 g/mol. The van der Waals surface area contributed by atoms with Crippen LogP contribution < -0.4 is 0 Å². The molecule has 1 atom stereocenters. The lowest BCUT2D eigenvalue weighted by Gasteiger charge is -2.28. The zero-order valence-electron chi connectivity index (χ0n) is 14.4. The van der Waals surface area contributed by atoms with Crippen LogP contribution in [0.1, 0.15) is 38.8 Å². The topological polar surface area (TPSA) is 83.0 Å². The van der Waals surface area contributed by atoms with E-state index in [1.54, 1.807) is 29.4 Å². The van der Waals surface area contributed by atoms with Crippen LogP contribution in [0.4, 0.5) is 4.79 Å². The molecule has 7 heteroatoms. The second kappa shape index (κ2) is 7.61. The van der Waals surface area contributed by atoms with Gasteiger partial charge in [0.2, 0.25) is 0 Å². The van der Waals surface area contributed by atoms with Crippen LogP contribution in [-0.4, -0.2) is 63.7 Å². The molecule has 24 heavy (non-hydrogen) atoms. The molecular formula is C17H25N3O4. The molecule has 132 valence electrons. The van der Waals surface area contributed by atoms with Crippen LogP contribution >= 0.6 is 0 Å². The van der Waals surface area contributed by atoms with Gasteiger partial charge in [-0.2, -0.15) is 0 Å². The molecule has 0 bridgehead atoms. The predicted molar refractivity (Wildman–Crippen MR) is 88.6 cm³/mol. The van der Waals surface area contributed by atoms with E-state index in [0.717, 1.165) is 0 Å². The van der Waals surface area contributed by atoms with Crippen LogP contribution in [0.5, 0.6) is 0 Å². The molecule has 0 aliphatic carbocycles. The van der Waals surface area contributed by atoms with Crippen molar-refractivity contribution in [2.45, 2.75) is 38.8 Å². The molecule has 1 aromatic rings. The molecule has 0 spiro atoms. The highest BCUT2D eigenvalue weighted by Crippen LogP contribution is 2.22. The van der Waals surface area contributed by atoms with E-state index < -0.39 is 17.6 Å². The fraction of sp³-hybridized carbons (Fsp3) is 0.588. The number of carbonyl (C=O) groups excluding carboxylic acids is 1. The monoisotopic (exact) mass is 335 g/mol. The minimum Gasteiger partial charge on any atom is -0.480 e. The molecule has 0 aromatic carbocycles. The summed E-state index contributed by atoms with van der Waals surface area (Å²) in [6.07, 6.45) is 3.54. The lowest BCUT2D eigenvalue weighted by atomic mass is 10.1. The second-order valence-corrected chi connectivity index (χ2v) is 6.88. The third kappa shape index (κ3) is 4.92. The molecule has 1 fully saturated rings. The SMILES string of the molecule is CC(C)(C)OC(=O)N1CCCN([C@@H](C(=O)O)c2ccncc2)CC1. The number of aromatic nitrogens is 1. The first kappa shape index (κ1) is 18.2. The molecule has 1 aromatic heterocycles. The number of carboxylic acids is 1. The number of hydrogen-bond acceptors (Lipinski definition) is 5. The largest absolute Gasteiger partial charge is 0.480 e. The van der Waals surface area contributed by atoms with Crippen LogP contribution in [0.25, 0.3) is 0 Å². The standard InChI is InChI=1S/C17H25N3O4/c1-17(2,3)24-16(23)20-10-4-9-19(11-12-20)14(15(21)22)13-5-7-18-8-6-13/h5-8,14H,4,9-12H2,1-3H3,(H,21,22)/t14-/m1/s1. The molecule has 1 aliphatic rings. The zero-order valence-corrected chi connectivity index (χ0v) is 14.4. The average Bonchev–Trinajstić information content (AvgIpc) is 2.72. The van der Waals surface area contributed by atoms with Crippen LogP contribution in [0.15, 0.2) is 24.5 Å². The van der Waals surface area contributed by atoms with E-state index in [1.807, 2.05) is 25.7 Å². The Balaban J connectivity index is 2.06. The number of nitrogens with zero attached hydrogens (tertiary/aromatic N) is 3. The van der Waals surface area contributed by atoms with Gasteiger partial charge in [0.1, 0.15) is 11.6 Å². The first-order valence-electron chi connectivity index (χ1n) is 8.12. The number of aliphatic carboxylic acids is 1. The Kier molecular flexibility index (Phi) is 5.77. The van der Waals surface area contributed by atoms with Gasteiger partial charge in [-0.1, -0.05) is 0 Å². The summed E-state index contributed by atoms with van der Waals surface area (Å²) >= 11 is 0. The summed E-state index contributed by atoms with van der Waals surface area (Å²) in [7, 11) is 0. The minimum atomic E-state index is -0.896. The maximum Gasteiger partial charge on any atom is 0.410 e. The molecule has 1 aliphatic heterocycles. The second-order valence-electron chi connectivity index (χ2n) is 6.88. The normalized spacial score (nSPS) is 17.9. The third-order valence-electron chi connectivity index (χ3n) is 3.80. The summed E-state index contributed by atoms with van der Waals surface area (Å²) < 4.78 is 5.40. The molecule has 1 saturated heterocycles. The van der Waals surface area contributed by atoms with Gasteiger partial charge in [0.05, 0.1) is 0 Å². The highest BCUT2D eigenvalue weighted by atomic mass is 16.6. The first-order chi connectivity index (χ1) is 11.3. The van der Waals surface area contributed by atoms with Crippen LogP contribution in [0.3, 0.4) is 0 Å². The Labute approximate surface area is 142 Å². The molecule has 2 rings (SSSR count). The highest BCUT2D eigenvalue weighted by Gasteiger charge is 2.31. The maximum atomic E-state index is 12.2. The van der Waals surface area contributed by atoms with Crippen molar-refractivity contribution >= 4 is 12.1 Å². The van der Waals surface area contributed by atoms with Gasteiger partial charge in [-0.05, 0) is 44.9 Å². The number of rotatable bonds is 3. The van der Waals surface area contributed by atoms with Gasteiger partial charge in [-0.25, -0.2) is 4.79 Å². The van der Waals surface area contributed by atoms with Gasteiger partial charge in [0, 0.05) is 38.6 Å². The number of carboxylic acid groups (broad SMARTS) is 1. The quantitative estimate of drug-likeness (QED) is 0.911. The fourth-order valence-electron chi connectivity index (χ4n) is 2.76. The van der Waals surface area contributed by atoms with E-state index in [4.69, 9.17) is 4.74 Å². The molecule has 0 radical (unpaired) electrons. The zero-order chi connectivity index (χ0) is 17.7. The predicted octanol–water partition coefficient (Wildman–Crippen LogP) is 2.15. The lowest BCUT2D eigenvalue weighted by Crippen LogP contribution is -2.40. The number of ether oxygens (including phenoxy) is 1. The summed E-state index contributed by atoms with van der Waals surface area (Å²) in [5, 5.41) is 9.63. The Morgan fingerprint density at radius 3 is 2.42 bits per heavy atom. The Hall–Kier alpha value is -2.15. The van der Waals surface area contributed by atoms with Crippen molar-refractivity contribution in [3.05, 3.63) is 30.1 Å². The fourth-order valence-corrected chi connectivity index (χ4v) is 2.76. The molecule has 7 nitrogen and oxygen atoms in total. The van der Waals surface area contributed by atoms with E-state index in [9.17, 15) is 14.7 Å². The number of carbonyl (C=O) groups is 2. The minimum absolute atomic E-state index is 0.347. The lowest BCUT2D eigenvalue weighted by molar-refractivity contribution is -0.143. The van der Waals surface area contributed by atoms with Crippen LogP contribution in [-0.2, 0) is 9.53 Å². The van der Waals surface area contributed by atoms with Crippen LogP contribution in [0.2, 0.25) is 0 Å². The molecular weight excluding hydrogens is 310 g/mol. The molecule has 1 N–H and O–H groups in total. The van der Waals surface area contributed by atoms with E-state index >= 15 is 0 Å². The Bertz CT molecular complexity index is 571. The van der Waals surface area contributed by atoms with Gasteiger partial charge in [0.25, 0.3) is 0 Å². The van der Waals surface area contributed by atoms with Crippen molar-refractivity contribution in [1.29, 1.82) is 0 Å². The maximum absolute atomic E-state index is 12.2. The van der Waals surface area contributed by atoms with Crippen molar-refractivity contribution < 1.29 is 19.4 Å². The molecule has 2 heterocycles. The highest BCUT2D eigenvalue weighted by molar-refractivity contribution is 5.75. The van der Waals surface area contributed by atoms with Crippen LogP contribution in [0, 0.1) is 0 Å². The van der Waals surface area contributed by atoms with Crippen molar-refractivity contribution in [3.63, 3.8) is 0 Å². The molecule has 1 amide bonds. The number of hydrogen-bond donors (Lipinski definition) is 1. The van der Waals surface area contributed by atoms with Crippen molar-refractivity contribution in [2.75, 3.05) is 26.2 Å². The smallest absolute Gasteiger partial charge is 0.410 e.